The van der Waals surface area contributed by atoms with Crippen LogP contribution in [-0.2, 0) is 9.16 Å². The standard InChI is InChI=1S/C20H35NO3Si/c1-20(2,3)25(6,7)24-18(16-21(4)5)14-11-15-23-19(22)17-12-9-8-10-13-17/h8-10,12-13,18H,11,14-16H2,1-7H3. The summed E-state index contributed by atoms with van der Waals surface area (Å²) in [5, 5.41) is 0.192. The topological polar surface area (TPSA) is 38.8 Å². The Morgan fingerprint density at radius 2 is 1.76 bits per heavy atom. The van der Waals surface area contributed by atoms with E-state index in [1.165, 1.54) is 0 Å². The molecule has 1 atom stereocenters. The first kappa shape index (κ1) is 21.9. The van der Waals surface area contributed by atoms with E-state index in [1.54, 1.807) is 12.1 Å². The van der Waals surface area contributed by atoms with Gasteiger partial charge in [0.15, 0.2) is 8.32 Å². The van der Waals surface area contributed by atoms with Gasteiger partial charge in [0.25, 0.3) is 0 Å². The van der Waals surface area contributed by atoms with E-state index in [0.29, 0.717) is 12.2 Å². The Kier molecular flexibility index (Phi) is 8.31. The monoisotopic (exact) mass is 365 g/mol. The largest absolute Gasteiger partial charge is 0.462 e. The van der Waals surface area contributed by atoms with E-state index in [9.17, 15) is 4.79 Å². The van der Waals surface area contributed by atoms with Crippen LogP contribution < -0.4 is 0 Å². The van der Waals surface area contributed by atoms with Gasteiger partial charge in [-0.15, -0.1) is 0 Å². The first-order chi connectivity index (χ1) is 11.5. The second kappa shape index (κ2) is 9.50. The number of carbonyl (C=O) groups is 1. The zero-order chi connectivity index (χ0) is 19.1. The van der Waals surface area contributed by atoms with Crippen LogP contribution in [0.15, 0.2) is 30.3 Å². The maximum atomic E-state index is 12.0. The van der Waals surface area contributed by atoms with Crippen molar-refractivity contribution in [1.82, 2.24) is 4.90 Å². The van der Waals surface area contributed by atoms with Gasteiger partial charge in [-0.3, -0.25) is 0 Å². The van der Waals surface area contributed by atoms with E-state index in [2.05, 4.69) is 52.9 Å². The third-order valence-electron chi connectivity index (χ3n) is 4.75. The number of hydrogen-bond donors (Lipinski definition) is 0. The van der Waals surface area contributed by atoms with Crippen LogP contribution >= 0.6 is 0 Å². The van der Waals surface area contributed by atoms with Crippen LogP contribution in [0.5, 0.6) is 0 Å². The lowest BCUT2D eigenvalue weighted by atomic mass is 10.2. The molecule has 0 radical (unpaired) electrons. The number of carbonyl (C=O) groups excluding carboxylic acids is 1. The molecule has 0 saturated heterocycles. The fraction of sp³-hybridized carbons (Fsp3) is 0.650. The van der Waals surface area contributed by atoms with Crippen LogP contribution in [0.25, 0.3) is 0 Å². The summed E-state index contributed by atoms with van der Waals surface area (Å²) in [6.07, 6.45) is 1.88. The highest BCUT2D eigenvalue weighted by Gasteiger charge is 2.39. The number of benzene rings is 1. The number of likely N-dealkylation sites (N-methyl/N-ethyl adjacent to an activating group) is 1. The molecule has 142 valence electrons. The summed E-state index contributed by atoms with van der Waals surface area (Å²) < 4.78 is 11.9. The van der Waals surface area contributed by atoms with E-state index in [1.807, 2.05) is 18.2 Å². The number of hydrogen-bond acceptors (Lipinski definition) is 4. The molecule has 0 heterocycles. The normalized spacial score (nSPS) is 13.8. The Bertz CT molecular complexity index is 523. The fourth-order valence-electron chi connectivity index (χ4n) is 2.32. The van der Waals surface area contributed by atoms with Gasteiger partial charge in [-0.05, 0) is 57.2 Å². The van der Waals surface area contributed by atoms with Crippen molar-refractivity contribution in [1.29, 1.82) is 0 Å². The van der Waals surface area contributed by atoms with Crippen molar-refractivity contribution >= 4 is 14.3 Å². The van der Waals surface area contributed by atoms with E-state index < -0.39 is 8.32 Å². The average molecular weight is 366 g/mol. The Hall–Kier alpha value is -1.17. The number of rotatable bonds is 9. The molecular weight excluding hydrogens is 330 g/mol. The lowest BCUT2D eigenvalue weighted by Gasteiger charge is -2.40. The number of ether oxygens (including phenoxy) is 1. The number of esters is 1. The lowest BCUT2D eigenvalue weighted by molar-refractivity contribution is 0.0473. The molecule has 4 nitrogen and oxygen atoms in total. The van der Waals surface area contributed by atoms with E-state index in [4.69, 9.17) is 9.16 Å². The molecule has 0 aliphatic carbocycles. The second-order valence-corrected chi connectivity index (χ2v) is 13.2. The molecule has 1 aromatic carbocycles. The molecule has 1 aromatic rings. The molecule has 0 bridgehead atoms. The Labute approximate surface area is 154 Å². The van der Waals surface area contributed by atoms with Crippen LogP contribution in [0.4, 0.5) is 0 Å². The molecule has 0 aliphatic rings. The molecule has 1 rings (SSSR count). The van der Waals surface area contributed by atoms with Gasteiger partial charge in [0.05, 0.1) is 18.3 Å². The van der Waals surface area contributed by atoms with Gasteiger partial charge in [-0.2, -0.15) is 0 Å². The molecule has 0 N–H and O–H groups in total. The molecule has 0 aromatic heterocycles. The zero-order valence-corrected chi connectivity index (χ0v) is 18.0. The zero-order valence-electron chi connectivity index (χ0n) is 17.0. The Morgan fingerprint density at radius 3 is 2.28 bits per heavy atom. The first-order valence-electron chi connectivity index (χ1n) is 9.07. The summed E-state index contributed by atoms with van der Waals surface area (Å²) in [5.41, 5.74) is 0.602. The molecule has 0 fully saturated rings. The third kappa shape index (κ3) is 7.71. The van der Waals surface area contributed by atoms with Crippen LogP contribution in [0.3, 0.4) is 0 Å². The van der Waals surface area contributed by atoms with Gasteiger partial charge in [0.1, 0.15) is 0 Å². The van der Waals surface area contributed by atoms with Gasteiger partial charge in [-0.1, -0.05) is 39.0 Å². The van der Waals surface area contributed by atoms with Crippen molar-refractivity contribution in [3.05, 3.63) is 35.9 Å². The smallest absolute Gasteiger partial charge is 0.338 e. The summed E-state index contributed by atoms with van der Waals surface area (Å²) >= 11 is 0. The predicted molar refractivity (Wildman–Crippen MR) is 107 cm³/mol. The Morgan fingerprint density at radius 1 is 1.16 bits per heavy atom. The first-order valence-corrected chi connectivity index (χ1v) is 12.0. The number of nitrogens with zero attached hydrogens (tertiary/aromatic N) is 1. The van der Waals surface area contributed by atoms with Gasteiger partial charge in [0.2, 0.25) is 0 Å². The maximum absolute atomic E-state index is 12.0. The van der Waals surface area contributed by atoms with Crippen LogP contribution in [-0.4, -0.2) is 52.5 Å². The van der Waals surface area contributed by atoms with E-state index in [-0.39, 0.29) is 17.1 Å². The minimum atomic E-state index is -1.80. The highest BCUT2D eigenvalue weighted by atomic mass is 28.4. The SMILES string of the molecule is CN(C)CC(CCCOC(=O)c1ccccc1)O[Si](C)(C)C(C)(C)C. The molecule has 5 heteroatoms. The lowest BCUT2D eigenvalue weighted by Crippen LogP contribution is -2.46. The summed E-state index contributed by atoms with van der Waals surface area (Å²) in [7, 11) is 2.33. The minimum Gasteiger partial charge on any atom is -0.462 e. The molecule has 25 heavy (non-hydrogen) atoms. The summed E-state index contributed by atoms with van der Waals surface area (Å²) in [4.78, 5) is 14.1. The molecule has 1 unspecified atom stereocenters. The van der Waals surface area contributed by atoms with Gasteiger partial charge in [0, 0.05) is 6.54 Å². The van der Waals surface area contributed by atoms with Gasteiger partial charge < -0.3 is 14.1 Å². The molecule has 0 spiro atoms. The quantitative estimate of drug-likeness (QED) is 0.365. The third-order valence-corrected chi connectivity index (χ3v) is 9.28. The second-order valence-electron chi connectivity index (χ2n) is 8.41. The highest BCUT2D eigenvalue weighted by molar-refractivity contribution is 6.74. The van der Waals surface area contributed by atoms with Gasteiger partial charge >= 0.3 is 5.97 Å². The van der Waals surface area contributed by atoms with Crippen LogP contribution in [0.2, 0.25) is 18.1 Å². The van der Waals surface area contributed by atoms with Crippen LogP contribution in [0, 0.1) is 0 Å². The molecule has 0 aliphatic heterocycles. The molecule has 0 saturated carbocycles. The molecule has 0 amide bonds. The van der Waals surface area contributed by atoms with E-state index in [0.717, 1.165) is 19.4 Å². The van der Waals surface area contributed by atoms with E-state index >= 15 is 0 Å². The summed E-state index contributed by atoms with van der Waals surface area (Å²) in [6.45, 7) is 12.7. The summed E-state index contributed by atoms with van der Waals surface area (Å²) in [5.74, 6) is -0.255. The van der Waals surface area contributed by atoms with Crippen molar-refractivity contribution in [2.75, 3.05) is 27.2 Å². The fourth-order valence-corrected chi connectivity index (χ4v) is 3.70. The van der Waals surface area contributed by atoms with Crippen molar-refractivity contribution in [2.45, 2.75) is 57.8 Å². The highest BCUT2D eigenvalue weighted by Crippen LogP contribution is 2.37. The average Bonchev–Trinajstić information content (AvgIpc) is 2.50. The molecular formula is C20H35NO3Si. The van der Waals surface area contributed by atoms with Crippen molar-refractivity contribution in [2.24, 2.45) is 0 Å². The minimum absolute atomic E-state index is 0.173. The van der Waals surface area contributed by atoms with Crippen molar-refractivity contribution < 1.29 is 14.0 Å². The van der Waals surface area contributed by atoms with Crippen LogP contribution in [0.1, 0.15) is 44.0 Å². The predicted octanol–water partition coefficient (Wildman–Crippen LogP) is 4.58. The summed E-state index contributed by atoms with van der Waals surface area (Å²) in [6, 6.07) is 9.13. The van der Waals surface area contributed by atoms with Crippen molar-refractivity contribution in [3.63, 3.8) is 0 Å². The van der Waals surface area contributed by atoms with Gasteiger partial charge in [-0.25, -0.2) is 4.79 Å². The Balaban J connectivity index is 2.49. The maximum Gasteiger partial charge on any atom is 0.338 e. The van der Waals surface area contributed by atoms with Crippen molar-refractivity contribution in [3.8, 4) is 0 Å².